The van der Waals surface area contributed by atoms with E-state index in [1.807, 2.05) is 0 Å². The summed E-state index contributed by atoms with van der Waals surface area (Å²) in [6.07, 6.45) is -3.18. The lowest BCUT2D eigenvalue weighted by Gasteiger charge is -2.10. The summed E-state index contributed by atoms with van der Waals surface area (Å²) < 4.78 is 36.6. The van der Waals surface area contributed by atoms with E-state index in [9.17, 15) is 13.2 Å². The zero-order valence-electron chi connectivity index (χ0n) is 6.11. The van der Waals surface area contributed by atoms with Crippen LogP contribution in [0.2, 0.25) is 5.15 Å². The van der Waals surface area contributed by atoms with Crippen LogP contribution in [0.5, 0.6) is 0 Å². The predicted molar refractivity (Wildman–Crippen MR) is 39.0 cm³/mol. The largest absolute Gasteiger partial charge is 0.419 e. The van der Waals surface area contributed by atoms with Crippen molar-refractivity contribution in [3.63, 3.8) is 0 Å². The first-order valence-corrected chi connectivity index (χ1v) is 3.49. The van der Waals surface area contributed by atoms with Crippen LogP contribution in [-0.4, -0.2) is 4.98 Å². The summed E-state index contributed by atoms with van der Waals surface area (Å²) in [6, 6.07) is 1.27. The molecular weight excluding hydrogens is 191 g/mol. The van der Waals surface area contributed by atoms with Crippen LogP contribution in [0.3, 0.4) is 0 Å². The summed E-state index contributed by atoms with van der Waals surface area (Å²) in [6.45, 7) is 1.34. The molecule has 5 heteroatoms. The fraction of sp³-hybridized carbons (Fsp3) is 0.286. The van der Waals surface area contributed by atoms with Gasteiger partial charge in [0.1, 0.15) is 5.15 Å². The Morgan fingerprint density at radius 2 is 2.00 bits per heavy atom. The van der Waals surface area contributed by atoms with Gasteiger partial charge in [0.05, 0.1) is 5.56 Å². The number of aryl methyl sites for hydroxylation is 1. The second-order valence-corrected chi connectivity index (χ2v) is 2.65. The molecule has 0 aliphatic carbocycles. The molecule has 0 radical (unpaired) electrons. The van der Waals surface area contributed by atoms with Crippen LogP contribution in [0.4, 0.5) is 13.2 Å². The maximum absolute atomic E-state index is 12.2. The first kappa shape index (κ1) is 9.32. The van der Waals surface area contributed by atoms with Gasteiger partial charge in [0.2, 0.25) is 0 Å². The third-order valence-corrected chi connectivity index (χ3v) is 1.68. The number of halogens is 4. The molecule has 0 aromatic carbocycles. The van der Waals surface area contributed by atoms with Crippen molar-refractivity contribution < 1.29 is 13.2 Å². The summed E-state index contributed by atoms with van der Waals surface area (Å²) in [5.74, 6) is 0. The Kier molecular flexibility index (Phi) is 2.28. The number of nitrogens with zero attached hydrogens (tertiary/aromatic N) is 1. The molecule has 0 aliphatic rings. The van der Waals surface area contributed by atoms with Crippen molar-refractivity contribution in [3.8, 4) is 0 Å². The number of hydrogen-bond donors (Lipinski definition) is 0. The first-order valence-electron chi connectivity index (χ1n) is 3.11. The number of aromatic nitrogens is 1. The normalized spacial score (nSPS) is 11.8. The van der Waals surface area contributed by atoms with Crippen molar-refractivity contribution in [2.24, 2.45) is 0 Å². The van der Waals surface area contributed by atoms with E-state index in [0.29, 0.717) is 0 Å². The topological polar surface area (TPSA) is 12.9 Å². The van der Waals surface area contributed by atoms with Gasteiger partial charge in [-0.1, -0.05) is 11.6 Å². The maximum atomic E-state index is 12.2. The van der Waals surface area contributed by atoms with Crippen molar-refractivity contribution in [1.29, 1.82) is 0 Å². The first-order chi connectivity index (χ1) is 5.43. The van der Waals surface area contributed by atoms with Crippen LogP contribution in [0.15, 0.2) is 12.3 Å². The molecule has 0 atom stereocenters. The average molecular weight is 196 g/mol. The highest BCUT2D eigenvalue weighted by Crippen LogP contribution is 2.35. The van der Waals surface area contributed by atoms with Gasteiger partial charge in [-0.3, -0.25) is 0 Å². The van der Waals surface area contributed by atoms with Crippen LogP contribution < -0.4 is 0 Å². The Morgan fingerprint density at radius 1 is 1.42 bits per heavy atom. The molecule has 1 nitrogen and oxygen atoms in total. The Bertz CT molecular complexity index is 275. The van der Waals surface area contributed by atoms with Crippen LogP contribution >= 0.6 is 11.6 Å². The third-order valence-electron chi connectivity index (χ3n) is 1.40. The number of alkyl halides is 3. The zero-order chi connectivity index (χ0) is 9.35. The molecule has 0 bridgehead atoms. The van der Waals surface area contributed by atoms with Crippen LogP contribution in [-0.2, 0) is 6.18 Å². The lowest BCUT2D eigenvalue weighted by molar-refractivity contribution is -0.138. The van der Waals surface area contributed by atoms with Crippen molar-refractivity contribution in [1.82, 2.24) is 4.98 Å². The lowest BCUT2D eigenvalue weighted by atomic mass is 10.1. The predicted octanol–water partition coefficient (Wildman–Crippen LogP) is 3.06. The van der Waals surface area contributed by atoms with Gasteiger partial charge in [-0.15, -0.1) is 0 Å². The molecule has 12 heavy (non-hydrogen) atoms. The zero-order valence-corrected chi connectivity index (χ0v) is 6.87. The standard InChI is InChI=1S/C7H5ClF3N/c1-4-2-3-12-6(8)5(4)7(9,10)11/h2-3H,1H3. The summed E-state index contributed by atoms with van der Waals surface area (Å²) in [5, 5.41) is -0.498. The van der Waals surface area contributed by atoms with Gasteiger partial charge >= 0.3 is 6.18 Å². The Labute approximate surface area is 72.2 Å². The Hall–Kier alpha value is -0.770. The highest BCUT2D eigenvalue weighted by atomic mass is 35.5. The number of rotatable bonds is 0. The van der Waals surface area contributed by atoms with Crippen LogP contribution in [0.1, 0.15) is 11.1 Å². The summed E-state index contributed by atoms with van der Waals surface area (Å²) in [5.41, 5.74) is -0.769. The molecule has 0 saturated carbocycles. The fourth-order valence-corrected chi connectivity index (χ4v) is 1.18. The van der Waals surface area contributed by atoms with Gasteiger partial charge in [0.25, 0.3) is 0 Å². The molecular formula is C7H5ClF3N. The summed E-state index contributed by atoms with van der Waals surface area (Å²) in [7, 11) is 0. The fourth-order valence-electron chi connectivity index (χ4n) is 0.866. The van der Waals surface area contributed by atoms with E-state index in [4.69, 9.17) is 11.6 Å². The monoisotopic (exact) mass is 195 g/mol. The molecule has 1 aromatic rings. The molecule has 1 rings (SSSR count). The molecule has 1 aromatic heterocycles. The maximum Gasteiger partial charge on any atom is 0.419 e. The van der Waals surface area contributed by atoms with Gasteiger partial charge in [0, 0.05) is 6.20 Å². The van der Waals surface area contributed by atoms with E-state index >= 15 is 0 Å². The third kappa shape index (κ3) is 1.69. The van der Waals surface area contributed by atoms with Gasteiger partial charge in [-0.2, -0.15) is 13.2 Å². The second-order valence-electron chi connectivity index (χ2n) is 2.29. The van der Waals surface area contributed by atoms with E-state index in [0.717, 1.165) is 0 Å². The van der Waals surface area contributed by atoms with Crippen molar-refractivity contribution in [2.45, 2.75) is 13.1 Å². The van der Waals surface area contributed by atoms with Gasteiger partial charge in [-0.25, -0.2) is 4.98 Å². The van der Waals surface area contributed by atoms with E-state index in [-0.39, 0.29) is 5.56 Å². The number of hydrogen-bond acceptors (Lipinski definition) is 1. The molecule has 0 amide bonds. The quantitative estimate of drug-likeness (QED) is 0.580. The lowest BCUT2D eigenvalue weighted by Crippen LogP contribution is -2.09. The molecule has 0 fully saturated rings. The molecule has 66 valence electrons. The molecule has 0 aliphatic heterocycles. The average Bonchev–Trinajstić information content (AvgIpc) is 1.82. The van der Waals surface area contributed by atoms with Gasteiger partial charge in [0.15, 0.2) is 0 Å². The van der Waals surface area contributed by atoms with E-state index in [2.05, 4.69) is 4.98 Å². The van der Waals surface area contributed by atoms with E-state index in [1.54, 1.807) is 0 Å². The van der Waals surface area contributed by atoms with Crippen LogP contribution in [0, 0.1) is 6.92 Å². The smallest absolute Gasteiger partial charge is 0.244 e. The minimum atomic E-state index is -4.42. The van der Waals surface area contributed by atoms with Crippen molar-refractivity contribution in [2.75, 3.05) is 0 Å². The Morgan fingerprint density at radius 3 is 2.33 bits per heavy atom. The SMILES string of the molecule is Cc1ccnc(Cl)c1C(F)(F)F. The number of pyridine rings is 1. The van der Waals surface area contributed by atoms with Crippen molar-refractivity contribution in [3.05, 3.63) is 28.5 Å². The molecule has 0 spiro atoms. The molecule has 1 heterocycles. The highest BCUT2D eigenvalue weighted by molar-refractivity contribution is 6.30. The highest BCUT2D eigenvalue weighted by Gasteiger charge is 2.35. The minimum absolute atomic E-state index is 0.0856. The van der Waals surface area contributed by atoms with Crippen molar-refractivity contribution >= 4 is 11.6 Å². The summed E-state index contributed by atoms with van der Waals surface area (Å²) in [4.78, 5) is 3.35. The second kappa shape index (κ2) is 2.94. The van der Waals surface area contributed by atoms with E-state index < -0.39 is 16.9 Å². The van der Waals surface area contributed by atoms with Gasteiger partial charge in [-0.05, 0) is 18.6 Å². The molecule has 0 unspecified atom stereocenters. The van der Waals surface area contributed by atoms with Gasteiger partial charge < -0.3 is 0 Å². The van der Waals surface area contributed by atoms with Crippen LogP contribution in [0.25, 0.3) is 0 Å². The summed E-state index contributed by atoms with van der Waals surface area (Å²) >= 11 is 5.28. The minimum Gasteiger partial charge on any atom is -0.244 e. The van der Waals surface area contributed by atoms with E-state index in [1.165, 1.54) is 19.2 Å². The Balaban J connectivity index is 3.31. The molecule has 0 saturated heterocycles. The molecule has 0 N–H and O–H groups in total.